The third-order valence-electron chi connectivity index (χ3n) is 2.97. The maximum absolute atomic E-state index is 11.3. The first kappa shape index (κ1) is 18.2. The summed E-state index contributed by atoms with van der Waals surface area (Å²) in [4.78, 5) is 16.1. The van der Waals surface area contributed by atoms with E-state index in [1.54, 1.807) is 13.8 Å². The van der Waals surface area contributed by atoms with Crippen LogP contribution in [0.5, 0.6) is 0 Å². The molecule has 1 heterocycles. The summed E-state index contributed by atoms with van der Waals surface area (Å²) < 4.78 is 10.6. The zero-order chi connectivity index (χ0) is 16.2. The van der Waals surface area contributed by atoms with Gasteiger partial charge < -0.3 is 35.4 Å². The molecular formula is C12H24N2O7. The molecule has 124 valence electrons. The molecule has 0 aromatic carbocycles. The van der Waals surface area contributed by atoms with Crippen LogP contribution in [-0.4, -0.2) is 70.7 Å². The average Bonchev–Trinajstić information content (AvgIpc) is 2.40. The summed E-state index contributed by atoms with van der Waals surface area (Å²) >= 11 is 0. The highest BCUT2D eigenvalue weighted by Gasteiger charge is 2.46. The van der Waals surface area contributed by atoms with Crippen LogP contribution in [0.2, 0.25) is 0 Å². The Kier molecular flexibility index (Phi) is 6.94. The van der Waals surface area contributed by atoms with E-state index in [-0.39, 0.29) is 6.10 Å². The van der Waals surface area contributed by atoms with Crippen LogP contribution in [0.3, 0.4) is 0 Å². The van der Waals surface area contributed by atoms with Crippen LogP contribution in [0.1, 0.15) is 20.8 Å². The van der Waals surface area contributed by atoms with Crippen molar-refractivity contribution in [2.75, 3.05) is 6.61 Å². The highest BCUT2D eigenvalue weighted by Crippen LogP contribution is 2.23. The van der Waals surface area contributed by atoms with E-state index in [2.05, 4.69) is 5.48 Å². The zero-order valence-corrected chi connectivity index (χ0v) is 12.3. The average molecular weight is 308 g/mol. The third-order valence-corrected chi connectivity index (χ3v) is 2.97. The first-order chi connectivity index (χ1) is 9.77. The van der Waals surface area contributed by atoms with E-state index in [0.29, 0.717) is 0 Å². The topological polar surface area (TPSA) is 144 Å². The Morgan fingerprint density at radius 2 is 2.00 bits per heavy atom. The fraction of sp³-hybridized carbons (Fsp3) is 0.917. The Balaban J connectivity index is 2.78. The van der Waals surface area contributed by atoms with Gasteiger partial charge in [-0.25, -0.2) is 4.79 Å². The van der Waals surface area contributed by atoms with Crippen LogP contribution < -0.4 is 11.2 Å². The first-order valence-corrected chi connectivity index (χ1v) is 6.77. The molecule has 1 aliphatic rings. The van der Waals surface area contributed by atoms with Gasteiger partial charge >= 0.3 is 5.97 Å². The number of rotatable bonds is 6. The van der Waals surface area contributed by atoms with E-state index in [9.17, 15) is 15.0 Å². The second-order valence-corrected chi connectivity index (χ2v) is 5.24. The third kappa shape index (κ3) is 4.85. The van der Waals surface area contributed by atoms with Gasteiger partial charge in [-0.15, -0.1) is 5.48 Å². The quantitative estimate of drug-likeness (QED) is 0.340. The van der Waals surface area contributed by atoms with Gasteiger partial charge in [0.15, 0.2) is 6.29 Å². The molecule has 9 nitrogen and oxygen atoms in total. The molecule has 0 radical (unpaired) electrons. The van der Waals surface area contributed by atoms with Crippen molar-refractivity contribution in [2.45, 2.75) is 63.6 Å². The monoisotopic (exact) mass is 308 g/mol. The van der Waals surface area contributed by atoms with E-state index in [1.165, 1.54) is 6.92 Å². The molecule has 0 amide bonds. The summed E-state index contributed by atoms with van der Waals surface area (Å²) in [6.07, 6.45) is -4.83. The minimum atomic E-state index is -1.44. The summed E-state index contributed by atoms with van der Waals surface area (Å²) in [6.45, 7) is 4.44. The summed E-state index contributed by atoms with van der Waals surface area (Å²) in [7, 11) is 0. The van der Waals surface area contributed by atoms with Crippen LogP contribution in [-0.2, 0) is 19.1 Å². The lowest BCUT2D eigenvalue weighted by molar-refractivity contribution is -0.279. The van der Waals surface area contributed by atoms with Gasteiger partial charge in [0, 0.05) is 0 Å². The Morgan fingerprint density at radius 1 is 1.38 bits per heavy atom. The first-order valence-electron chi connectivity index (χ1n) is 6.77. The number of aliphatic hydroxyl groups is 3. The van der Waals surface area contributed by atoms with E-state index in [0.717, 1.165) is 0 Å². The molecule has 6 N–H and O–H groups in total. The summed E-state index contributed by atoms with van der Waals surface area (Å²) in [6, 6.07) is -1.87. The maximum Gasteiger partial charge on any atom is 0.341 e. The minimum absolute atomic E-state index is 0.261. The van der Waals surface area contributed by atoms with Crippen LogP contribution >= 0.6 is 0 Å². The molecule has 0 unspecified atom stereocenters. The van der Waals surface area contributed by atoms with Crippen molar-refractivity contribution in [3.05, 3.63) is 0 Å². The molecule has 0 bridgehead atoms. The molecule has 21 heavy (non-hydrogen) atoms. The van der Waals surface area contributed by atoms with E-state index in [1.807, 2.05) is 0 Å². The number of hydroxylamine groups is 1. The van der Waals surface area contributed by atoms with Gasteiger partial charge in [0.05, 0.1) is 12.7 Å². The standard InChI is InChI=1S/C12H24N2O7/c1-5(2)19-10-8(14-21-11(17)6(3)13)12(18)20-7(4-15)9(10)16/h5-10,12,14-16,18H,4,13H2,1-3H3/t6-,7+,8+,9+,10+,12-/m0/s1. The Hall–Kier alpha value is -0.810. The number of ether oxygens (including phenoxy) is 2. The van der Waals surface area contributed by atoms with E-state index >= 15 is 0 Å². The van der Waals surface area contributed by atoms with Crippen molar-refractivity contribution < 1.29 is 34.4 Å². The van der Waals surface area contributed by atoms with Crippen LogP contribution in [0.4, 0.5) is 0 Å². The zero-order valence-electron chi connectivity index (χ0n) is 12.3. The predicted octanol–water partition coefficient (Wildman–Crippen LogP) is -2.39. The fourth-order valence-corrected chi connectivity index (χ4v) is 1.91. The Bertz CT molecular complexity index is 340. The van der Waals surface area contributed by atoms with E-state index < -0.39 is 49.3 Å². The van der Waals surface area contributed by atoms with E-state index in [4.69, 9.17) is 25.2 Å². The number of carbonyl (C=O) groups excluding carboxylic acids is 1. The number of nitrogens with one attached hydrogen (secondary N) is 1. The highest BCUT2D eigenvalue weighted by molar-refractivity contribution is 5.74. The molecular weight excluding hydrogens is 284 g/mol. The Labute approximate surface area is 122 Å². The number of hydrogen-bond acceptors (Lipinski definition) is 9. The largest absolute Gasteiger partial charge is 0.394 e. The van der Waals surface area contributed by atoms with Crippen molar-refractivity contribution in [3.8, 4) is 0 Å². The van der Waals surface area contributed by atoms with Gasteiger partial charge in [-0.1, -0.05) is 0 Å². The number of aliphatic hydroxyl groups excluding tert-OH is 3. The highest BCUT2D eigenvalue weighted by atomic mass is 16.7. The number of nitrogens with two attached hydrogens (primary N) is 1. The lowest BCUT2D eigenvalue weighted by Gasteiger charge is -2.42. The van der Waals surface area contributed by atoms with Gasteiger partial charge in [0.2, 0.25) is 0 Å². The normalized spacial score (nSPS) is 34.8. The minimum Gasteiger partial charge on any atom is -0.394 e. The van der Waals surface area contributed by atoms with Crippen LogP contribution in [0.15, 0.2) is 0 Å². The molecule has 1 saturated heterocycles. The molecule has 0 spiro atoms. The summed E-state index contributed by atoms with van der Waals surface area (Å²) in [5, 5.41) is 29.2. The van der Waals surface area contributed by atoms with Gasteiger partial charge in [-0.3, -0.25) is 0 Å². The van der Waals surface area contributed by atoms with Gasteiger partial charge in [0.1, 0.15) is 30.4 Å². The van der Waals surface area contributed by atoms with Crippen molar-refractivity contribution in [1.29, 1.82) is 0 Å². The molecule has 0 saturated carbocycles. The lowest BCUT2D eigenvalue weighted by Crippen LogP contribution is -2.64. The van der Waals surface area contributed by atoms with Crippen LogP contribution in [0.25, 0.3) is 0 Å². The molecule has 1 fully saturated rings. The van der Waals surface area contributed by atoms with Gasteiger partial charge in [-0.2, -0.15) is 0 Å². The smallest absolute Gasteiger partial charge is 0.341 e. The second-order valence-electron chi connectivity index (χ2n) is 5.24. The molecule has 1 rings (SSSR count). The lowest BCUT2D eigenvalue weighted by atomic mass is 9.97. The second kappa shape index (κ2) is 7.99. The van der Waals surface area contributed by atoms with Crippen molar-refractivity contribution >= 4 is 5.97 Å². The Morgan fingerprint density at radius 3 is 2.48 bits per heavy atom. The van der Waals surface area contributed by atoms with Crippen LogP contribution in [0, 0.1) is 0 Å². The molecule has 0 aliphatic carbocycles. The molecule has 0 aromatic heterocycles. The van der Waals surface area contributed by atoms with Crippen molar-refractivity contribution in [3.63, 3.8) is 0 Å². The summed E-state index contributed by atoms with van der Waals surface area (Å²) in [5.41, 5.74) is 7.66. The molecule has 9 heteroatoms. The van der Waals surface area contributed by atoms with Gasteiger partial charge in [0.25, 0.3) is 0 Å². The molecule has 0 aromatic rings. The molecule has 6 atom stereocenters. The predicted molar refractivity (Wildman–Crippen MR) is 70.6 cm³/mol. The number of hydrogen-bond donors (Lipinski definition) is 5. The maximum atomic E-state index is 11.3. The van der Waals surface area contributed by atoms with Gasteiger partial charge in [-0.05, 0) is 20.8 Å². The molecule has 1 aliphatic heterocycles. The number of carbonyl (C=O) groups is 1. The fourth-order valence-electron chi connectivity index (χ4n) is 1.91. The van der Waals surface area contributed by atoms with Crippen molar-refractivity contribution in [1.82, 2.24) is 5.48 Å². The summed E-state index contributed by atoms with van der Waals surface area (Å²) in [5.74, 6) is -0.732. The van der Waals surface area contributed by atoms with Crippen molar-refractivity contribution in [2.24, 2.45) is 5.73 Å². The SMILES string of the molecule is CC(C)O[C@H]1[C@H](O)[C@@H](CO)O[C@H](O)[C@@H]1NOC(=O)[C@H](C)N.